The number of aliphatic imine (C=N–C) groups is 1. The molecule has 0 radical (unpaired) electrons. The van der Waals surface area contributed by atoms with Gasteiger partial charge in [-0.1, -0.05) is 29.3 Å². The van der Waals surface area contributed by atoms with Gasteiger partial charge in [0.15, 0.2) is 5.96 Å². The number of nitrogens with two attached hydrogens (primary N) is 1. The predicted molar refractivity (Wildman–Crippen MR) is 92.8 cm³/mol. The van der Waals surface area contributed by atoms with Crippen LogP contribution in [0, 0.1) is 6.92 Å². The number of nitrogens with one attached hydrogen (secondary N) is 1. The Balaban J connectivity index is 1.84. The fourth-order valence-electron chi connectivity index (χ4n) is 1.83. The summed E-state index contributed by atoms with van der Waals surface area (Å²) in [7, 11) is 0. The first-order valence-electron chi connectivity index (χ1n) is 7.09. The first-order chi connectivity index (χ1) is 10.5. The SMILES string of the molecule is Cc1ccc(NC(N)=NCC(C)Oc2ccc(Cl)cc2)cc1. The lowest BCUT2D eigenvalue weighted by molar-refractivity contribution is 0.230. The molecule has 5 heteroatoms. The van der Waals surface area contributed by atoms with E-state index in [9.17, 15) is 0 Å². The first-order valence-corrected chi connectivity index (χ1v) is 7.46. The van der Waals surface area contributed by atoms with Gasteiger partial charge in [0.1, 0.15) is 11.9 Å². The third-order valence-electron chi connectivity index (χ3n) is 2.99. The van der Waals surface area contributed by atoms with Crippen LogP contribution in [-0.2, 0) is 0 Å². The molecule has 0 fully saturated rings. The fraction of sp³-hybridized carbons (Fsp3) is 0.235. The lowest BCUT2D eigenvalue weighted by Gasteiger charge is -2.13. The molecule has 3 N–H and O–H groups in total. The highest BCUT2D eigenvalue weighted by atomic mass is 35.5. The Hall–Kier alpha value is -2.20. The van der Waals surface area contributed by atoms with Crippen LogP contribution in [0.3, 0.4) is 0 Å². The summed E-state index contributed by atoms with van der Waals surface area (Å²) >= 11 is 5.84. The third-order valence-corrected chi connectivity index (χ3v) is 3.25. The van der Waals surface area contributed by atoms with E-state index in [-0.39, 0.29) is 6.10 Å². The van der Waals surface area contributed by atoms with Gasteiger partial charge in [0, 0.05) is 10.7 Å². The van der Waals surface area contributed by atoms with Gasteiger partial charge >= 0.3 is 0 Å². The molecule has 2 rings (SSSR count). The van der Waals surface area contributed by atoms with Crippen molar-refractivity contribution in [2.75, 3.05) is 11.9 Å². The van der Waals surface area contributed by atoms with E-state index in [4.69, 9.17) is 22.1 Å². The summed E-state index contributed by atoms with van der Waals surface area (Å²) in [4.78, 5) is 4.29. The molecule has 0 aromatic heterocycles. The van der Waals surface area contributed by atoms with Gasteiger partial charge in [0.25, 0.3) is 0 Å². The van der Waals surface area contributed by atoms with Gasteiger partial charge in [-0.3, -0.25) is 0 Å². The Morgan fingerprint density at radius 3 is 2.45 bits per heavy atom. The van der Waals surface area contributed by atoms with E-state index in [1.54, 1.807) is 12.1 Å². The van der Waals surface area contributed by atoms with Crippen molar-refractivity contribution in [2.24, 2.45) is 10.7 Å². The highest BCUT2D eigenvalue weighted by Gasteiger charge is 2.04. The zero-order valence-corrected chi connectivity index (χ0v) is 13.5. The minimum absolute atomic E-state index is 0.0838. The molecule has 0 aliphatic heterocycles. The second kappa shape index (κ2) is 7.71. The Morgan fingerprint density at radius 1 is 1.18 bits per heavy atom. The molecule has 0 aliphatic carbocycles. The number of ether oxygens (including phenoxy) is 1. The number of benzene rings is 2. The molecule has 2 aromatic carbocycles. The normalized spacial score (nSPS) is 12.8. The lowest BCUT2D eigenvalue weighted by Crippen LogP contribution is -2.25. The van der Waals surface area contributed by atoms with Gasteiger partial charge in [-0.05, 0) is 50.2 Å². The molecule has 116 valence electrons. The molecular formula is C17H20ClN3O. The lowest BCUT2D eigenvalue weighted by atomic mass is 10.2. The van der Waals surface area contributed by atoms with Crippen LogP contribution in [0.1, 0.15) is 12.5 Å². The summed E-state index contributed by atoms with van der Waals surface area (Å²) in [5, 5.41) is 3.74. The summed E-state index contributed by atoms with van der Waals surface area (Å²) < 4.78 is 5.74. The molecule has 0 spiro atoms. The van der Waals surface area contributed by atoms with Crippen molar-refractivity contribution in [2.45, 2.75) is 20.0 Å². The second-order valence-corrected chi connectivity index (χ2v) is 5.54. The van der Waals surface area contributed by atoms with Crippen molar-refractivity contribution in [1.82, 2.24) is 0 Å². The fourth-order valence-corrected chi connectivity index (χ4v) is 1.96. The maximum Gasteiger partial charge on any atom is 0.193 e. The summed E-state index contributed by atoms with van der Waals surface area (Å²) in [6, 6.07) is 15.2. The van der Waals surface area contributed by atoms with Crippen LogP contribution in [0.5, 0.6) is 5.75 Å². The highest BCUT2D eigenvalue weighted by Crippen LogP contribution is 2.16. The Kier molecular flexibility index (Phi) is 5.67. The molecule has 1 atom stereocenters. The van der Waals surface area contributed by atoms with E-state index >= 15 is 0 Å². The molecule has 0 aliphatic rings. The van der Waals surface area contributed by atoms with E-state index in [1.165, 1.54) is 5.56 Å². The van der Waals surface area contributed by atoms with Crippen LogP contribution in [0.2, 0.25) is 5.02 Å². The molecule has 0 saturated carbocycles. The first kappa shape index (κ1) is 16.2. The number of hydrogen-bond donors (Lipinski definition) is 2. The van der Waals surface area contributed by atoms with E-state index in [0.717, 1.165) is 11.4 Å². The summed E-state index contributed by atoms with van der Waals surface area (Å²) in [5.41, 5.74) is 7.99. The van der Waals surface area contributed by atoms with Gasteiger partial charge in [-0.25, -0.2) is 4.99 Å². The van der Waals surface area contributed by atoms with Gasteiger partial charge in [0.2, 0.25) is 0 Å². The number of hydrogen-bond acceptors (Lipinski definition) is 2. The van der Waals surface area contributed by atoms with Gasteiger partial charge in [-0.15, -0.1) is 0 Å². The van der Waals surface area contributed by atoms with Gasteiger partial charge in [-0.2, -0.15) is 0 Å². The van der Waals surface area contributed by atoms with E-state index in [1.807, 2.05) is 50.2 Å². The van der Waals surface area contributed by atoms with Crippen molar-refractivity contribution in [1.29, 1.82) is 0 Å². The predicted octanol–water partition coefficient (Wildman–Crippen LogP) is 3.84. The summed E-state index contributed by atoms with van der Waals surface area (Å²) in [5.74, 6) is 1.13. The molecule has 2 aromatic rings. The molecular weight excluding hydrogens is 298 g/mol. The van der Waals surface area contributed by atoms with Crippen LogP contribution in [-0.4, -0.2) is 18.6 Å². The smallest absolute Gasteiger partial charge is 0.193 e. The minimum Gasteiger partial charge on any atom is -0.489 e. The third kappa shape index (κ3) is 5.30. The number of aryl methyl sites for hydroxylation is 1. The molecule has 22 heavy (non-hydrogen) atoms. The van der Waals surface area contributed by atoms with Crippen LogP contribution in [0.15, 0.2) is 53.5 Å². The maximum absolute atomic E-state index is 5.87. The van der Waals surface area contributed by atoms with E-state index in [2.05, 4.69) is 10.3 Å². The quantitative estimate of drug-likeness (QED) is 0.650. The molecule has 0 saturated heterocycles. The van der Waals surface area contributed by atoms with Crippen LogP contribution in [0.4, 0.5) is 5.69 Å². The maximum atomic E-state index is 5.87. The van der Waals surface area contributed by atoms with Crippen LogP contribution in [0.25, 0.3) is 0 Å². The molecule has 4 nitrogen and oxygen atoms in total. The van der Waals surface area contributed by atoms with Crippen LogP contribution < -0.4 is 15.8 Å². The number of nitrogens with zero attached hydrogens (tertiary/aromatic N) is 1. The average Bonchev–Trinajstić information content (AvgIpc) is 2.50. The van der Waals surface area contributed by atoms with Gasteiger partial charge < -0.3 is 15.8 Å². The Bertz CT molecular complexity index is 623. The number of halogens is 1. The van der Waals surface area contributed by atoms with E-state index in [0.29, 0.717) is 17.5 Å². The number of rotatable bonds is 5. The van der Waals surface area contributed by atoms with Crippen LogP contribution >= 0.6 is 11.6 Å². The Labute approximate surface area is 136 Å². The van der Waals surface area contributed by atoms with Crippen molar-refractivity contribution in [3.05, 3.63) is 59.1 Å². The molecule has 1 unspecified atom stereocenters. The zero-order chi connectivity index (χ0) is 15.9. The largest absolute Gasteiger partial charge is 0.489 e. The minimum atomic E-state index is -0.0838. The topological polar surface area (TPSA) is 59.6 Å². The second-order valence-electron chi connectivity index (χ2n) is 5.10. The summed E-state index contributed by atoms with van der Waals surface area (Å²) in [6.45, 7) is 4.45. The molecule has 0 bridgehead atoms. The number of guanidine groups is 1. The Morgan fingerprint density at radius 2 is 1.82 bits per heavy atom. The van der Waals surface area contributed by atoms with Crippen molar-refractivity contribution in [3.63, 3.8) is 0 Å². The zero-order valence-electron chi connectivity index (χ0n) is 12.7. The van der Waals surface area contributed by atoms with Crippen molar-refractivity contribution < 1.29 is 4.74 Å². The molecule has 0 heterocycles. The van der Waals surface area contributed by atoms with Crippen molar-refractivity contribution >= 4 is 23.2 Å². The summed E-state index contributed by atoms with van der Waals surface area (Å²) in [6.07, 6.45) is -0.0838. The highest BCUT2D eigenvalue weighted by molar-refractivity contribution is 6.30. The average molecular weight is 318 g/mol. The molecule has 0 amide bonds. The standard InChI is InChI=1S/C17H20ClN3O/c1-12-3-7-15(8-4-12)21-17(19)20-11-13(2)22-16-9-5-14(18)6-10-16/h3-10,13H,11H2,1-2H3,(H3,19,20,21). The van der Waals surface area contributed by atoms with Crippen molar-refractivity contribution in [3.8, 4) is 5.75 Å². The number of anilines is 1. The van der Waals surface area contributed by atoms with Gasteiger partial charge in [0.05, 0.1) is 6.54 Å². The van der Waals surface area contributed by atoms with E-state index < -0.39 is 0 Å². The monoisotopic (exact) mass is 317 g/mol.